The highest BCUT2D eigenvalue weighted by Crippen LogP contribution is 2.15. The average molecular weight is 974 g/mol. The second kappa shape index (κ2) is 57.9. The predicted octanol–water partition coefficient (Wildman–Crippen LogP) is 19.7. The first-order valence-electron chi connectivity index (χ1n) is 29.2. The summed E-state index contributed by atoms with van der Waals surface area (Å²) in [6, 6.07) is 0. The molecule has 0 heterocycles. The van der Waals surface area contributed by atoms with E-state index in [9.17, 15) is 14.4 Å². The maximum atomic E-state index is 12.8. The molecule has 0 N–H and O–H groups in total. The summed E-state index contributed by atoms with van der Waals surface area (Å²) < 4.78 is 16.8. The molecule has 0 aromatic carbocycles. The van der Waals surface area contributed by atoms with Crippen LogP contribution in [0.4, 0.5) is 0 Å². The van der Waals surface area contributed by atoms with E-state index >= 15 is 0 Å². The maximum Gasteiger partial charge on any atom is 0.306 e. The van der Waals surface area contributed by atoms with Gasteiger partial charge in [0.2, 0.25) is 0 Å². The highest BCUT2D eigenvalue weighted by molar-refractivity contribution is 5.71. The van der Waals surface area contributed by atoms with E-state index in [2.05, 4.69) is 118 Å². The fraction of sp³-hybridized carbons (Fsp3) is 0.703. The average Bonchev–Trinajstić information content (AvgIpc) is 3.36. The Balaban J connectivity index is 4.15. The third kappa shape index (κ3) is 55.3. The van der Waals surface area contributed by atoms with Gasteiger partial charge in [-0.25, -0.2) is 0 Å². The van der Waals surface area contributed by atoms with Gasteiger partial charge in [-0.1, -0.05) is 246 Å². The number of hydrogen-bond donors (Lipinski definition) is 0. The summed E-state index contributed by atoms with van der Waals surface area (Å²) in [4.78, 5) is 37.9. The lowest BCUT2D eigenvalue weighted by molar-refractivity contribution is -0.167. The lowest BCUT2D eigenvalue weighted by Gasteiger charge is -2.18. The molecule has 0 saturated heterocycles. The molecule has 0 aliphatic rings. The third-order valence-electron chi connectivity index (χ3n) is 12.3. The van der Waals surface area contributed by atoms with Gasteiger partial charge in [-0.2, -0.15) is 0 Å². The van der Waals surface area contributed by atoms with Crippen LogP contribution < -0.4 is 0 Å². The van der Waals surface area contributed by atoms with E-state index in [1.165, 1.54) is 109 Å². The minimum Gasteiger partial charge on any atom is -0.462 e. The Morgan fingerprint density at radius 3 is 0.900 bits per heavy atom. The molecule has 0 aliphatic heterocycles. The summed E-state index contributed by atoms with van der Waals surface area (Å²) in [5.41, 5.74) is 0. The van der Waals surface area contributed by atoms with Crippen LogP contribution in [-0.2, 0) is 28.6 Å². The molecule has 0 bridgehead atoms. The zero-order valence-corrected chi connectivity index (χ0v) is 45.8. The van der Waals surface area contributed by atoms with Crippen molar-refractivity contribution in [2.45, 2.75) is 277 Å². The molecule has 0 amide bonds. The van der Waals surface area contributed by atoms with Crippen molar-refractivity contribution in [3.63, 3.8) is 0 Å². The molecular weight excluding hydrogens is 865 g/mol. The Kier molecular flexibility index (Phi) is 54.9. The molecule has 70 heavy (non-hydrogen) atoms. The first-order chi connectivity index (χ1) is 34.5. The van der Waals surface area contributed by atoms with Crippen LogP contribution in [0.1, 0.15) is 271 Å². The molecule has 0 rings (SSSR count). The van der Waals surface area contributed by atoms with Gasteiger partial charge in [-0.15, -0.1) is 0 Å². The van der Waals surface area contributed by atoms with Crippen molar-refractivity contribution in [3.05, 3.63) is 97.2 Å². The van der Waals surface area contributed by atoms with E-state index < -0.39 is 6.10 Å². The molecule has 6 nitrogen and oxygen atoms in total. The molecule has 6 heteroatoms. The maximum absolute atomic E-state index is 12.8. The van der Waals surface area contributed by atoms with E-state index in [4.69, 9.17) is 14.2 Å². The Morgan fingerprint density at radius 1 is 0.300 bits per heavy atom. The lowest BCUT2D eigenvalue weighted by atomic mass is 10.1. The topological polar surface area (TPSA) is 78.9 Å². The minimum absolute atomic E-state index is 0.0806. The highest BCUT2D eigenvalue weighted by Gasteiger charge is 2.19. The van der Waals surface area contributed by atoms with E-state index in [-0.39, 0.29) is 31.1 Å². The summed E-state index contributed by atoms with van der Waals surface area (Å²) in [6.45, 7) is 6.47. The zero-order valence-electron chi connectivity index (χ0n) is 45.8. The minimum atomic E-state index is -0.780. The zero-order chi connectivity index (χ0) is 50.7. The van der Waals surface area contributed by atoms with Gasteiger partial charge in [0, 0.05) is 19.3 Å². The quantitative estimate of drug-likeness (QED) is 0.0262. The highest BCUT2D eigenvalue weighted by atomic mass is 16.6. The fourth-order valence-electron chi connectivity index (χ4n) is 7.95. The normalized spacial score (nSPS) is 12.8. The standard InChI is InChI=1S/C64H108O6/c1-4-7-10-13-16-19-21-23-24-25-26-27-28-29-30-31-32-33-34-35-36-37-38-39-40-42-43-45-48-51-54-57-63(66)69-60-61(59-68-62(65)56-53-50-47-18-15-12-9-6-3)70-64(67)58-55-52-49-46-44-41-22-20-17-14-11-8-5-2/h7,10,16,19-20,22-24,26-27,29-30,32-33,35-36,61H,4-6,8-9,11-15,17-18,21,25,28,31,34,37-60H2,1-3H3/b10-7-,19-16-,22-20-,24-23-,27-26-,30-29-,33-32-,36-35-. The molecule has 0 aromatic heterocycles. The van der Waals surface area contributed by atoms with E-state index in [0.29, 0.717) is 19.3 Å². The number of rotatable bonds is 52. The van der Waals surface area contributed by atoms with E-state index in [1.54, 1.807) is 0 Å². The fourth-order valence-corrected chi connectivity index (χ4v) is 7.95. The number of allylic oxidation sites excluding steroid dienone is 16. The van der Waals surface area contributed by atoms with Gasteiger partial charge < -0.3 is 14.2 Å². The van der Waals surface area contributed by atoms with Gasteiger partial charge in [0.1, 0.15) is 13.2 Å². The van der Waals surface area contributed by atoms with Crippen LogP contribution in [0, 0.1) is 0 Å². The molecule has 0 aliphatic carbocycles. The van der Waals surface area contributed by atoms with Gasteiger partial charge >= 0.3 is 17.9 Å². The SMILES string of the molecule is CC/C=C\C/C=C\C/C=C\C/C=C\C/C=C\C/C=C\C/C=C\CCCCCCCCCCCC(=O)OCC(COC(=O)CCCCCCCCCC)OC(=O)CCCCCCC/C=C\CCCCCC. The summed E-state index contributed by atoms with van der Waals surface area (Å²) in [6.07, 6.45) is 77.0. The van der Waals surface area contributed by atoms with Crippen LogP contribution in [0.25, 0.3) is 0 Å². The Bertz CT molecular complexity index is 1400. The van der Waals surface area contributed by atoms with Crippen molar-refractivity contribution in [2.75, 3.05) is 13.2 Å². The molecule has 0 spiro atoms. The molecule has 1 atom stereocenters. The van der Waals surface area contributed by atoms with Crippen LogP contribution >= 0.6 is 0 Å². The Hall–Kier alpha value is -3.67. The number of esters is 3. The molecule has 0 aromatic rings. The van der Waals surface area contributed by atoms with Crippen molar-refractivity contribution in [2.24, 2.45) is 0 Å². The summed E-state index contributed by atoms with van der Waals surface area (Å²) in [7, 11) is 0. The van der Waals surface area contributed by atoms with Crippen molar-refractivity contribution >= 4 is 17.9 Å². The molecule has 0 saturated carbocycles. The van der Waals surface area contributed by atoms with Crippen molar-refractivity contribution in [3.8, 4) is 0 Å². The molecule has 400 valence electrons. The smallest absolute Gasteiger partial charge is 0.306 e. The first kappa shape index (κ1) is 66.3. The summed E-state index contributed by atoms with van der Waals surface area (Å²) in [5, 5.41) is 0. The van der Waals surface area contributed by atoms with E-state index in [1.807, 2.05) is 0 Å². The number of hydrogen-bond acceptors (Lipinski definition) is 6. The predicted molar refractivity (Wildman–Crippen MR) is 302 cm³/mol. The Morgan fingerprint density at radius 2 is 0.557 bits per heavy atom. The number of carbonyl (C=O) groups is 3. The summed E-state index contributed by atoms with van der Waals surface area (Å²) in [5.74, 6) is -0.898. The lowest BCUT2D eigenvalue weighted by Crippen LogP contribution is -2.30. The molecule has 0 fully saturated rings. The van der Waals surface area contributed by atoms with Crippen LogP contribution in [0.3, 0.4) is 0 Å². The molecule has 0 radical (unpaired) electrons. The number of unbranched alkanes of at least 4 members (excludes halogenated alkanes) is 25. The second-order valence-corrected chi connectivity index (χ2v) is 19.2. The van der Waals surface area contributed by atoms with E-state index in [0.717, 1.165) is 122 Å². The van der Waals surface area contributed by atoms with Gasteiger partial charge in [0.05, 0.1) is 0 Å². The van der Waals surface area contributed by atoms with Crippen molar-refractivity contribution in [1.82, 2.24) is 0 Å². The van der Waals surface area contributed by atoms with Gasteiger partial charge in [-0.3, -0.25) is 14.4 Å². The van der Waals surface area contributed by atoms with Gasteiger partial charge in [0.25, 0.3) is 0 Å². The first-order valence-corrected chi connectivity index (χ1v) is 29.2. The Labute approximate surface area is 432 Å². The van der Waals surface area contributed by atoms with Crippen molar-refractivity contribution in [1.29, 1.82) is 0 Å². The van der Waals surface area contributed by atoms with Crippen molar-refractivity contribution < 1.29 is 28.6 Å². The summed E-state index contributed by atoms with van der Waals surface area (Å²) >= 11 is 0. The number of ether oxygens (including phenoxy) is 3. The molecule has 1 unspecified atom stereocenters. The van der Waals surface area contributed by atoms with Gasteiger partial charge in [-0.05, 0) is 103 Å². The van der Waals surface area contributed by atoms with Crippen LogP contribution in [-0.4, -0.2) is 37.2 Å². The van der Waals surface area contributed by atoms with Crippen LogP contribution in [0.15, 0.2) is 97.2 Å². The van der Waals surface area contributed by atoms with Crippen LogP contribution in [0.2, 0.25) is 0 Å². The van der Waals surface area contributed by atoms with Gasteiger partial charge in [0.15, 0.2) is 6.10 Å². The van der Waals surface area contributed by atoms with Crippen LogP contribution in [0.5, 0.6) is 0 Å². The largest absolute Gasteiger partial charge is 0.462 e. The third-order valence-corrected chi connectivity index (χ3v) is 12.3. The monoisotopic (exact) mass is 973 g/mol. The number of carbonyl (C=O) groups excluding carboxylic acids is 3. The second-order valence-electron chi connectivity index (χ2n) is 19.2. The molecular formula is C64H108O6.